The Bertz CT molecular complexity index is 162. The molecule has 9 heteroatoms. The topological polar surface area (TPSA) is 158 Å². The van der Waals surface area contributed by atoms with Crippen LogP contribution in [0.15, 0.2) is 0 Å². The zero-order valence-electron chi connectivity index (χ0n) is 9.88. The van der Waals surface area contributed by atoms with Crippen LogP contribution in [0.3, 0.4) is 0 Å². The van der Waals surface area contributed by atoms with Gasteiger partial charge in [0.2, 0.25) is 0 Å². The van der Waals surface area contributed by atoms with Crippen LogP contribution >= 0.6 is 0 Å². The fourth-order valence-electron chi connectivity index (χ4n) is 0. The van der Waals surface area contributed by atoms with Crippen molar-refractivity contribution in [3.8, 4) is 0 Å². The Labute approximate surface area is 124 Å². The number of hydrogen-bond donors (Lipinski definition) is 1. The number of rotatable bonds is 0. The maximum atomic E-state index is 9.00. The van der Waals surface area contributed by atoms with E-state index in [0.29, 0.717) is 0 Å². The molecule has 0 rings (SSSR count). The summed E-state index contributed by atoms with van der Waals surface area (Å²) in [7, 11) is 0. The van der Waals surface area contributed by atoms with E-state index in [1.54, 1.807) is 0 Å². The number of carboxylic acids is 4. The number of hydrogen-bond acceptors (Lipinski definition) is 7. The van der Waals surface area contributed by atoms with Gasteiger partial charge in [-0.2, -0.15) is 0 Å². The minimum atomic E-state index is -1.08. The van der Waals surface area contributed by atoms with Gasteiger partial charge in [-0.3, -0.25) is 4.79 Å². The van der Waals surface area contributed by atoms with Gasteiger partial charge in [-0.15, -0.1) is 0 Å². The molecule has 0 amide bonds. The third-order valence-corrected chi connectivity index (χ3v) is 0. The maximum Gasteiger partial charge on any atom is 3.00 e. The molecule has 0 heterocycles. The average Bonchev–Trinajstić information content (AvgIpc) is 1.76. The molecule has 0 aliphatic rings. The maximum absolute atomic E-state index is 9.00. The summed E-state index contributed by atoms with van der Waals surface area (Å²) in [4.78, 5) is 35.7. The normalized spacial score (nSPS) is 5.88. The summed E-state index contributed by atoms with van der Waals surface area (Å²) in [6.45, 7) is 4.00. The van der Waals surface area contributed by atoms with Crippen molar-refractivity contribution in [3.05, 3.63) is 0 Å². The van der Waals surface area contributed by atoms with Crippen LogP contribution in [0.5, 0.6) is 0 Å². The first kappa shape index (κ1) is 29.7. The number of aliphatic carboxylic acids is 4. The van der Waals surface area contributed by atoms with Crippen molar-refractivity contribution < 1.29 is 72.3 Å². The number of carbonyl (C=O) groups is 4. The second-order valence-corrected chi connectivity index (χ2v) is 1.99. The molecule has 0 aromatic rings. The van der Waals surface area contributed by atoms with E-state index in [-0.39, 0.29) is 32.7 Å². The molecule has 0 aliphatic heterocycles. The molecular weight excluding hydrogens is 313 g/mol. The summed E-state index contributed by atoms with van der Waals surface area (Å²) >= 11 is 0. The second kappa shape index (κ2) is 24.3. The Kier molecular flexibility index (Phi) is 42.5. The van der Waals surface area contributed by atoms with Crippen LogP contribution in [0.25, 0.3) is 0 Å². The van der Waals surface area contributed by atoms with Crippen molar-refractivity contribution in [2.75, 3.05) is 0 Å². The first-order valence-corrected chi connectivity index (χ1v) is 3.65. The first-order valence-electron chi connectivity index (χ1n) is 3.65. The standard InChI is InChI=1S/4C2H4O2.Y/c4*1-2(3)4;/h4*1H3,(H,3,4);/q;;;;+3/p-3. The van der Waals surface area contributed by atoms with E-state index in [1.807, 2.05) is 0 Å². The number of carbonyl (C=O) groups excluding carboxylic acids is 3. The van der Waals surface area contributed by atoms with E-state index in [9.17, 15) is 0 Å². The van der Waals surface area contributed by atoms with Crippen molar-refractivity contribution in [1.29, 1.82) is 0 Å². The van der Waals surface area contributed by atoms with Gasteiger partial charge < -0.3 is 34.8 Å². The van der Waals surface area contributed by atoms with Crippen LogP contribution in [0.4, 0.5) is 0 Å². The molecule has 0 aliphatic carbocycles. The fraction of sp³-hybridized carbons (Fsp3) is 0.500. The quantitative estimate of drug-likeness (QED) is 0.477. The molecule has 0 radical (unpaired) electrons. The van der Waals surface area contributed by atoms with Crippen LogP contribution in [-0.2, 0) is 51.9 Å². The van der Waals surface area contributed by atoms with E-state index < -0.39 is 23.9 Å². The molecule has 0 bridgehead atoms. The summed E-state index contributed by atoms with van der Waals surface area (Å²) in [5.74, 6) is -4.08. The number of carboxylic acid groups (broad SMARTS) is 4. The molecular formula is C8H13O8Y. The van der Waals surface area contributed by atoms with Gasteiger partial charge in [-0.25, -0.2) is 0 Å². The van der Waals surface area contributed by atoms with Gasteiger partial charge in [-0.1, -0.05) is 0 Å². The Balaban J connectivity index is -0.0000000369. The van der Waals surface area contributed by atoms with Gasteiger partial charge >= 0.3 is 32.7 Å². The second-order valence-electron chi connectivity index (χ2n) is 1.99. The summed E-state index contributed by atoms with van der Waals surface area (Å²) in [6.07, 6.45) is 0. The molecule has 0 saturated heterocycles. The molecule has 0 aromatic heterocycles. The van der Waals surface area contributed by atoms with Gasteiger partial charge in [-0.05, 0) is 20.8 Å². The zero-order chi connectivity index (χ0) is 14.3. The van der Waals surface area contributed by atoms with Crippen LogP contribution in [0.2, 0.25) is 0 Å². The van der Waals surface area contributed by atoms with Crippen molar-refractivity contribution in [1.82, 2.24) is 0 Å². The van der Waals surface area contributed by atoms with E-state index in [2.05, 4.69) is 0 Å². The van der Waals surface area contributed by atoms with Crippen LogP contribution in [-0.4, -0.2) is 29.0 Å². The Morgan fingerprint density at radius 2 is 0.706 bits per heavy atom. The Hall–Kier alpha value is -1.02. The molecule has 1 N–H and O–H groups in total. The molecule has 0 fully saturated rings. The predicted octanol–water partition coefficient (Wildman–Crippen LogP) is -3.64. The van der Waals surface area contributed by atoms with Gasteiger partial charge in [0.25, 0.3) is 5.97 Å². The van der Waals surface area contributed by atoms with E-state index in [1.165, 1.54) is 0 Å². The summed E-state index contributed by atoms with van der Waals surface area (Å²) in [5.41, 5.74) is 0. The predicted molar refractivity (Wildman–Crippen MR) is 45.4 cm³/mol. The van der Waals surface area contributed by atoms with Gasteiger partial charge in [0.05, 0.1) is 0 Å². The molecule has 0 saturated carbocycles. The third kappa shape index (κ3) is 2450. The Morgan fingerprint density at radius 1 is 0.706 bits per heavy atom. The third-order valence-electron chi connectivity index (χ3n) is 0. The fourth-order valence-corrected chi connectivity index (χ4v) is 0. The molecule has 0 atom stereocenters. The zero-order valence-corrected chi connectivity index (χ0v) is 12.7. The van der Waals surface area contributed by atoms with E-state index >= 15 is 0 Å². The molecule has 0 spiro atoms. The van der Waals surface area contributed by atoms with Crippen molar-refractivity contribution >= 4 is 23.9 Å². The van der Waals surface area contributed by atoms with Crippen molar-refractivity contribution in [3.63, 3.8) is 0 Å². The van der Waals surface area contributed by atoms with E-state index in [0.717, 1.165) is 27.7 Å². The summed E-state index contributed by atoms with van der Waals surface area (Å²) < 4.78 is 0. The largest absolute Gasteiger partial charge is 3.00 e. The molecule has 0 aromatic carbocycles. The Morgan fingerprint density at radius 3 is 0.706 bits per heavy atom. The summed E-state index contributed by atoms with van der Waals surface area (Å²) in [5, 5.41) is 34.1. The van der Waals surface area contributed by atoms with Crippen LogP contribution in [0.1, 0.15) is 27.7 Å². The molecule has 96 valence electrons. The molecule has 8 nitrogen and oxygen atoms in total. The van der Waals surface area contributed by atoms with Crippen molar-refractivity contribution in [2.45, 2.75) is 27.7 Å². The minimum absolute atomic E-state index is 0. The molecule has 0 unspecified atom stereocenters. The smallest absolute Gasteiger partial charge is 0.550 e. The molecule has 17 heavy (non-hydrogen) atoms. The van der Waals surface area contributed by atoms with Crippen molar-refractivity contribution in [2.24, 2.45) is 0 Å². The van der Waals surface area contributed by atoms with Gasteiger partial charge in [0.15, 0.2) is 0 Å². The SMILES string of the molecule is CC(=O)O.CC(=O)[O-].CC(=O)[O-].CC(=O)[O-].[Y+3]. The summed E-state index contributed by atoms with van der Waals surface area (Å²) in [6, 6.07) is 0. The van der Waals surface area contributed by atoms with E-state index in [4.69, 9.17) is 39.6 Å². The first-order chi connectivity index (χ1) is 6.93. The van der Waals surface area contributed by atoms with Gasteiger partial charge in [0.1, 0.15) is 0 Å². The monoisotopic (exact) mass is 326 g/mol. The minimum Gasteiger partial charge on any atom is -0.550 e. The van der Waals surface area contributed by atoms with Crippen LogP contribution in [0, 0.1) is 0 Å². The van der Waals surface area contributed by atoms with Crippen LogP contribution < -0.4 is 15.3 Å². The average molecular weight is 326 g/mol. The van der Waals surface area contributed by atoms with Gasteiger partial charge in [0, 0.05) is 24.8 Å².